The lowest BCUT2D eigenvalue weighted by molar-refractivity contribution is -0.380. The molecule has 1 aliphatic rings. The van der Waals surface area contributed by atoms with Gasteiger partial charge in [0.2, 0.25) is 0 Å². The van der Waals surface area contributed by atoms with Gasteiger partial charge < -0.3 is 9.80 Å². The first-order valence-electron chi connectivity index (χ1n) is 8.58. The van der Waals surface area contributed by atoms with Crippen molar-refractivity contribution < 1.29 is 9.72 Å². The summed E-state index contributed by atoms with van der Waals surface area (Å²) in [6.45, 7) is 6.74. The molecule has 0 N–H and O–H groups in total. The highest BCUT2D eigenvalue weighted by Gasteiger charge is 2.26. The van der Waals surface area contributed by atoms with Gasteiger partial charge in [-0.15, -0.1) is 0 Å². The second-order valence-corrected chi connectivity index (χ2v) is 8.67. The van der Waals surface area contributed by atoms with Crippen molar-refractivity contribution in [2.75, 3.05) is 31.1 Å². The third-order valence-electron chi connectivity index (χ3n) is 4.64. The lowest BCUT2D eigenvalue weighted by Gasteiger charge is -2.34. The number of carbonyl (C=O) groups excluding carboxylic acids is 1. The normalized spacial score (nSPS) is 14.7. The van der Waals surface area contributed by atoms with Gasteiger partial charge in [-0.2, -0.15) is 0 Å². The summed E-state index contributed by atoms with van der Waals surface area (Å²) >= 11 is 2.61. The van der Waals surface area contributed by atoms with Crippen molar-refractivity contribution in [3.05, 3.63) is 50.4 Å². The van der Waals surface area contributed by atoms with Crippen LogP contribution in [-0.4, -0.2) is 46.9 Å². The van der Waals surface area contributed by atoms with E-state index in [1.165, 1.54) is 28.0 Å². The molecule has 27 heavy (non-hydrogen) atoms. The Bertz CT molecular complexity index is 1030. The van der Waals surface area contributed by atoms with Gasteiger partial charge in [-0.05, 0) is 37.1 Å². The van der Waals surface area contributed by atoms with Crippen LogP contribution < -0.4 is 4.90 Å². The lowest BCUT2D eigenvalue weighted by atomic mass is 10.1. The number of piperazine rings is 1. The van der Waals surface area contributed by atoms with E-state index in [0.717, 1.165) is 22.0 Å². The third kappa shape index (κ3) is 3.40. The Morgan fingerprint density at radius 1 is 1.15 bits per heavy atom. The van der Waals surface area contributed by atoms with Crippen LogP contribution in [0.5, 0.6) is 0 Å². The van der Waals surface area contributed by atoms with E-state index < -0.39 is 4.92 Å². The van der Waals surface area contributed by atoms with E-state index in [0.29, 0.717) is 31.1 Å². The minimum atomic E-state index is -0.462. The molecule has 0 spiro atoms. The highest BCUT2D eigenvalue weighted by molar-refractivity contribution is 7.22. The molecule has 3 aromatic rings. The second kappa shape index (κ2) is 6.90. The highest BCUT2D eigenvalue weighted by Crippen LogP contribution is 2.32. The number of hydrogen-bond donors (Lipinski definition) is 0. The molecule has 0 atom stereocenters. The second-order valence-electron chi connectivity index (χ2n) is 6.60. The predicted molar refractivity (Wildman–Crippen MR) is 108 cm³/mol. The van der Waals surface area contributed by atoms with E-state index in [9.17, 15) is 14.9 Å². The topological polar surface area (TPSA) is 79.6 Å². The third-order valence-corrected chi connectivity index (χ3v) is 6.73. The van der Waals surface area contributed by atoms with Gasteiger partial charge in [0.1, 0.15) is 0 Å². The van der Waals surface area contributed by atoms with Gasteiger partial charge in [-0.25, -0.2) is 4.98 Å². The van der Waals surface area contributed by atoms with E-state index in [-0.39, 0.29) is 10.9 Å². The van der Waals surface area contributed by atoms with Crippen molar-refractivity contribution in [3.8, 4) is 0 Å². The molecule has 1 saturated heterocycles. The Hall–Kier alpha value is -2.52. The van der Waals surface area contributed by atoms with E-state index >= 15 is 0 Å². The van der Waals surface area contributed by atoms with Crippen molar-refractivity contribution in [1.29, 1.82) is 0 Å². The first kappa shape index (κ1) is 17.9. The summed E-state index contributed by atoms with van der Waals surface area (Å²) in [7, 11) is 0. The van der Waals surface area contributed by atoms with E-state index in [4.69, 9.17) is 4.98 Å². The Labute approximate surface area is 164 Å². The predicted octanol–water partition coefficient (Wildman–Crippen LogP) is 3.85. The summed E-state index contributed by atoms with van der Waals surface area (Å²) in [6, 6.07) is 7.23. The zero-order valence-electron chi connectivity index (χ0n) is 15.0. The quantitative estimate of drug-likeness (QED) is 0.491. The number of nitrogens with zero attached hydrogens (tertiary/aromatic N) is 4. The molecule has 0 saturated carbocycles. The zero-order chi connectivity index (χ0) is 19.1. The molecule has 0 radical (unpaired) electrons. The number of aryl methyl sites for hydroxylation is 2. The van der Waals surface area contributed by atoms with Gasteiger partial charge in [-0.1, -0.05) is 28.7 Å². The molecule has 1 fully saturated rings. The molecule has 1 aromatic carbocycles. The maximum absolute atomic E-state index is 12.6. The Balaban J connectivity index is 1.46. The molecule has 1 aliphatic heterocycles. The number of hydrogen-bond acceptors (Lipinski definition) is 7. The largest absolute Gasteiger partial charge is 0.345 e. The molecule has 2 aromatic heterocycles. The summed E-state index contributed by atoms with van der Waals surface area (Å²) in [5, 5.41) is 11.8. The van der Waals surface area contributed by atoms with Crippen molar-refractivity contribution in [1.82, 2.24) is 9.88 Å². The van der Waals surface area contributed by atoms with E-state index in [1.54, 1.807) is 16.2 Å². The number of thiazole rings is 1. The molecule has 9 heteroatoms. The molecule has 0 bridgehead atoms. The fraction of sp³-hybridized carbons (Fsp3) is 0.333. The highest BCUT2D eigenvalue weighted by atomic mass is 32.1. The standard InChI is InChI=1S/C18H18N4O3S2/c1-11-9-12(2)16-14(10-11)27-18(19-16)21-7-5-20(6-8-21)17(23)13-3-4-15(26-13)22(24)25/h3-4,9-10H,5-8H2,1-2H3. The molecule has 4 rings (SSSR count). The molecule has 7 nitrogen and oxygen atoms in total. The fourth-order valence-corrected chi connectivity index (χ4v) is 5.27. The zero-order valence-corrected chi connectivity index (χ0v) is 16.6. The van der Waals surface area contributed by atoms with Crippen LogP contribution in [0.2, 0.25) is 0 Å². The number of nitro groups is 1. The van der Waals surface area contributed by atoms with Gasteiger partial charge in [0.05, 0.1) is 20.0 Å². The van der Waals surface area contributed by atoms with E-state index in [2.05, 4.69) is 30.9 Å². The average Bonchev–Trinajstić information content (AvgIpc) is 3.28. The maximum atomic E-state index is 12.6. The summed E-state index contributed by atoms with van der Waals surface area (Å²) < 4.78 is 1.19. The molecule has 3 heterocycles. The van der Waals surface area contributed by atoms with Crippen molar-refractivity contribution >= 4 is 48.9 Å². The molecule has 0 unspecified atom stereocenters. The van der Waals surface area contributed by atoms with Crippen molar-refractivity contribution in [2.45, 2.75) is 13.8 Å². The number of thiophene rings is 1. The molecular formula is C18H18N4O3S2. The van der Waals surface area contributed by atoms with Crippen LogP contribution in [-0.2, 0) is 0 Å². The van der Waals surface area contributed by atoms with Gasteiger partial charge in [0, 0.05) is 32.2 Å². The number of anilines is 1. The lowest BCUT2D eigenvalue weighted by Crippen LogP contribution is -2.48. The minimum Gasteiger partial charge on any atom is -0.345 e. The SMILES string of the molecule is Cc1cc(C)c2nc(N3CCN(C(=O)c4ccc([N+](=O)[O-])s4)CC3)sc2c1. The number of amides is 1. The van der Waals surface area contributed by atoms with Crippen molar-refractivity contribution in [3.63, 3.8) is 0 Å². The molecule has 140 valence electrons. The Kier molecular flexibility index (Phi) is 4.56. The van der Waals surface area contributed by atoms with Gasteiger partial charge >= 0.3 is 5.00 Å². The van der Waals surface area contributed by atoms with Crippen LogP contribution in [0.3, 0.4) is 0 Å². The van der Waals surface area contributed by atoms with Crippen LogP contribution >= 0.6 is 22.7 Å². The monoisotopic (exact) mass is 402 g/mol. The number of benzene rings is 1. The molecular weight excluding hydrogens is 384 g/mol. The van der Waals surface area contributed by atoms with Crippen LogP contribution in [0.4, 0.5) is 10.1 Å². The molecule has 0 aliphatic carbocycles. The van der Waals surface area contributed by atoms with E-state index in [1.807, 2.05) is 0 Å². The first-order chi connectivity index (χ1) is 12.9. The summed E-state index contributed by atoms with van der Waals surface area (Å²) in [5.41, 5.74) is 3.46. The number of carbonyl (C=O) groups is 1. The number of rotatable bonds is 3. The minimum absolute atomic E-state index is 0.00266. The average molecular weight is 403 g/mol. The van der Waals surface area contributed by atoms with Gasteiger partial charge in [-0.3, -0.25) is 14.9 Å². The fourth-order valence-electron chi connectivity index (χ4n) is 3.29. The van der Waals surface area contributed by atoms with Crippen molar-refractivity contribution in [2.24, 2.45) is 0 Å². The number of fused-ring (bicyclic) bond motifs is 1. The number of aromatic nitrogens is 1. The van der Waals surface area contributed by atoms with Gasteiger partial charge in [0.15, 0.2) is 5.13 Å². The molecule has 1 amide bonds. The smallest absolute Gasteiger partial charge is 0.324 e. The van der Waals surface area contributed by atoms with Gasteiger partial charge in [0.25, 0.3) is 5.91 Å². The maximum Gasteiger partial charge on any atom is 0.324 e. The Morgan fingerprint density at radius 2 is 1.89 bits per heavy atom. The first-order valence-corrected chi connectivity index (χ1v) is 10.2. The van der Waals surface area contributed by atoms with Crippen LogP contribution in [0.15, 0.2) is 24.3 Å². The van der Waals surface area contributed by atoms with Crippen LogP contribution in [0.1, 0.15) is 20.8 Å². The summed E-state index contributed by atoms with van der Waals surface area (Å²) in [6.07, 6.45) is 0. The summed E-state index contributed by atoms with van der Waals surface area (Å²) in [4.78, 5) is 32.1. The van der Waals surface area contributed by atoms with Crippen LogP contribution in [0, 0.1) is 24.0 Å². The summed E-state index contributed by atoms with van der Waals surface area (Å²) in [5.74, 6) is -0.136. The Morgan fingerprint density at radius 3 is 2.56 bits per heavy atom. The van der Waals surface area contributed by atoms with Crippen LogP contribution in [0.25, 0.3) is 10.2 Å².